The minimum Gasteiger partial charge on any atom is -0.484 e. The van der Waals surface area contributed by atoms with E-state index in [1.54, 1.807) is 12.1 Å². The lowest BCUT2D eigenvalue weighted by molar-refractivity contribution is -0.111. The number of fused-ring (bicyclic) bond motifs is 3. The highest BCUT2D eigenvalue weighted by Gasteiger charge is 2.46. The standard InChI is InChI=1S/C25H19NO4S2/c27-20-16-6-2-3-7-17(16)22-23(21(20)28)31-14-25(30-22)9-11-26(12-10-25)24(29)19-13-15-5-1-4-8-18(15)32-19/h1-8,13H,9-12,14H2. The number of amides is 1. The maximum Gasteiger partial charge on any atom is 0.263 e. The zero-order valence-electron chi connectivity index (χ0n) is 17.1. The van der Waals surface area contributed by atoms with Gasteiger partial charge in [-0.2, -0.15) is 0 Å². The fourth-order valence-electron chi connectivity index (χ4n) is 4.62. The maximum absolute atomic E-state index is 13.1. The van der Waals surface area contributed by atoms with Gasteiger partial charge in [-0.05, 0) is 17.5 Å². The van der Waals surface area contributed by atoms with Gasteiger partial charge in [-0.3, -0.25) is 14.4 Å². The normalized spacial score (nSPS) is 19.7. The molecule has 3 aromatic rings. The van der Waals surface area contributed by atoms with Crippen molar-refractivity contribution in [1.82, 2.24) is 4.90 Å². The van der Waals surface area contributed by atoms with Gasteiger partial charge in [0.2, 0.25) is 11.6 Å². The van der Waals surface area contributed by atoms with E-state index in [4.69, 9.17) is 4.74 Å². The van der Waals surface area contributed by atoms with Gasteiger partial charge < -0.3 is 9.64 Å². The summed E-state index contributed by atoms with van der Waals surface area (Å²) in [4.78, 5) is 41.3. The van der Waals surface area contributed by atoms with E-state index >= 15 is 0 Å². The second-order valence-electron chi connectivity index (χ2n) is 8.38. The van der Waals surface area contributed by atoms with E-state index in [9.17, 15) is 14.4 Å². The highest BCUT2D eigenvalue weighted by molar-refractivity contribution is 8.04. The van der Waals surface area contributed by atoms with Gasteiger partial charge in [-0.25, -0.2) is 0 Å². The fraction of sp³-hybridized carbons (Fsp3) is 0.240. The molecular weight excluding hydrogens is 442 g/mol. The van der Waals surface area contributed by atoms with Crippen LogP contribution in [0.4, 0.5) is 0 Å². The summed E-state index contributed by atoms with van der Waals surface area (Å²) < 4.78 is 7.61. The summed E-state index contributed by atoms with van der Waals surface area (Å²) in [6.07, 6.45) is 1.38. The van der Waals surface area contributed by atoms with E-state index in [2.05, 4.69) is 0 Å². The smallest absolute Gasteiger partial charge is 0.263 e. The van der Waals surface area contributed by atoms with E-state index in [0.717, 1.165) is 15.0 Å². The number of carbonyl (C=O) groups excluding carboxylic acids is 3. The molecule has 0 bridgehead atoms. The molecule has 1 aliphatic carbocycles. The lowest BCUT2D eigenvalue weighted by atomic mass is 9.90. The number of rotatable bonds is 1. The predicted molar refractivity (Wildman–Crippen MR) is 126 cm³/mol. The molecule has 6 rings (SSSR count). The molecule has 1 amide bonds. The second kappa shape index (κ2) is 7.32. The van der Waals surface area contributed by atoms with Crippen LogP contribution in [-0.2, 0) is 9.53 Å². The van der Waals surface area contributed by atoms with Crippen molar-refractivity contribution >= 4 is 56.4 Å². The van der Waals surface area contributed by atoms with Crippen molar-refractivity contribution in [3.8, 4) is 0 Å². The second-order valence-corrected chi connectivity index (χ2v) is 10.4. The van der Waals surface area contributed by atoms with Crippen LogP contribution in [0, 0.1) is 0 Å². The summed E-state index contributed by atoms with van der Waals surface area (Å²) in [5.41, 5.74) is 0.669. The number of carbonyl (C=O) groups is 3. The number of ketones is 2. The first-order valence-corrected chi connectivity index (χ1v) is 12.4. The molecule has 0 unspecified atom stereocenters. The molecule has 2 aromatic carbocycles. The van der Waals surface area contributed by atoms with Crippen LogP contribution in [-0.4, -0.2) is 46.8 Å². The van der Waals surface area contributed by atoms with Crippen LogP contribution in [0.1, 0.15) is 38.4 Å². The molecule has 1 spiro atoms. The minimum atomic E-state index is -0.476. The van der Waals surface area contributed by atoms with E-state index in [0.29, 0.717) is 53.5 Å². The monoisotopic (exact) mass is 461 g/mol. The van der Waals surface area contributed by atoms with Crippen molar-refractivity contribution < 1.29 is 19.1 Å². The number of allylic oxidation sites excluding steroid dienone is 1. The van der Waals surface area contributed by atoms with Crippen molar-refractivity contribution in [2.75, 3.05) is 18.8 Å². The first-order valence-electron chi connectivity index (χ1n) is 10.6. The van der Waals surface area contributed by atoms with E-state index in [1.807, 2.05) is 47.4 Å². The topological polar surface area (TPSA) is 63.7 Å². The Bertz CT molecular complexity index is 1300. The number of benzene rings is 2. The summed E-state index contributed by atoms with van der Waals surface area (Å²) in [5.74, 6) is 0.266. The zero-order valence-corrected chi connectivity index (χ0v) is 18.8. The van der Waals surface area contributed by atoms with Crippen molar-refractivity contribution in [1.29, 1.82) is 0 Å². The van der Waals surface area contributed by atoms with E-state index in [-0.39, 0.29) is 5.91 Å². The van der Waals surface area contributed by atoms with Gasteiger partial charge in [0.05, 0.1) is 4.88 Å². The number of piperidine rings is 1. The van der Waals surface area contributed by atoms with Gasteiger partial charge in [0.25, 0.3) is 5.91 Å². The molecule has 0 atom stereocenters. The fourth-order valence-corrected chi connectivity index (χ4v) is 6.91. The van der Waals surface area contributed by atoms with Crippen molar-refractivity contribution in [2.24, 2.45) is 0 Å². The minimum absolute atomic E-state index is 0.0632. The van der Waals surface area contributed by atoms with Crippen LogP contribution in [0.2, 0.25) is 0 Å². The van der Waals surface area contributed by atoms with E-state index < -0.39 is 17.2 Å². The third kappa shape index (κ3) is 3.03. The molecule has 0 N–H and O–H groups in total. The molecule has 0 radical (unpaired) electrons. The molecule has 160 valence electrons. The SMILES string of the molecule is O=C1C(=O)c2ccccc2C2=C1SCC1(CCN(C(=O)c3cc4ccccc4s3)CC1)O2. The molecule has 3 aliphatic rings. The number of ether oxygens (including phenoxy) is 1. The first kappa shape index (κ1) is 19.8. The number of likely N-dealkylation sites (tertiary alicyclic amines) is 1. The molecule has 2 aliphatic heterocycles. The Morgan fingerprint density at radius 1 is 0.938 bits per heavy atom. The maximum atomic E-state index is 13.1. The summed E-state index contributed by atoms with van der Waals surface area (Å²) in [6.45, 7) is 1.20. The van der Waals surface area contributed by atoms with Crippen LogP contribution >= 0.6 is 23.1 Å². The lowest BCUT2D eigenvalue weighted by Crippen LogP contribution is -2.50. The van der Waals surface area contributed by atoms with E-state index in [1.165, 1.54) is 23.1 Å². The number of thiophene rings is 1. The Hall–Kier alpha value is -2.90. The summed E-state index contributed by atoms with van der Waals surface area (Å²) in [5, 5.41) is 1.09. The van der Waals surface area contributed by atoms with Gasteiger partial charge in [0.15, 0.2) is 0 Å². The first-order chi connectivity index (χ1) is 15.5. The van der Waals surface area contributed by atoms with Gasteiger partial charge in [0, 0.05) is 47.5 Å². The van der Waals surface area contributed by atoms with Crippen LogP contribution in [0.3, 0.4) is 0 Å². The molecule has 1 aromatic heterocycles. The Morgan fingerprint density at radius 2 is 1.66 bits per heavy atom. The molecule has 0 saturated carbocycles. The molecule has 7 heteroatoms. The summed E-state index contributed by atoms with van der Waals surface area (Å²) in [7, 11) is 0. The quantitative estimate of drug-likeness (QED) is 0.489. The predicted octanol–water partition coefficient (Wildman–Crippen LogP) is 4.77. The third-order valence-electron chi connectivity index (χ3n) is 6.43. The number of nitrogens with zero attached hydrogens (tertiary/aromatic N) is 1. The zero-order chi connectivity index (χ0) is 21.9. The molecule has 5 nitrogen and oxygen atoms in total. The van der Waals surface area contributed by atoms with Crippen molar-refractivity contribution in [3.05, 3.63) is 75.5 Å². The Kier molecular flexibility index (Phi) is 4.52. The number of hydrogen-bond donors (Lipinski definition) is 0. The molecule has 32 heavy (non-hydrogen) atoms. The summed E-state index contributed by atoms with van der Waals surface area (Å²) >= 11 is 2.95. The Balaban J connectivity index is 1.23. The van der Waals surface area contributed by atoms with Crippen LogP contribution in [0.5, 0.6) is 0 Å². The molecular formula is C25H19NO4S2. The van der Waals surface area contributed by atoms with Crippen LogP contribution in [0.25, 0.3) is 15.8 Å². The third-order valence-corrected chi connectivity index (χ3v) is 8.87. The summed E-state index contributed by atoms with van der Waals surface area (Å²) in [6, 6.07) is 17.1. The van der Waals surface area contributed by atoms with Crippen LogP contribution in [0.15, 0.2) is 59.5 Å². The molecule has 1 fully saturated rings. The highest BCUT2D eigenvalue weighted by atomic mass is 32.2. The molecule has 3 heterocycles. The van der Waals surface area contributed by atoms with Gasteiger partial charge >= 0.3 is 0 Å². The lowest BCUT2D eigenvalue weighted by Gasteiger charge is -2.45. The van der Waals surface area contributed by atoms with Gasteiger partial charge in [-0.15, -0.1) is 23.1 Å². The number of hydrogen-bond acceptors (Lipinski definition) is 6. The highest BCUT2D eigenvalue weighted by Crippen LogP contribution is 2.47. The average Bonchev–Trinajstić information content (AvgIpc) is 3.27. The van der Waals surface area contributed by atoms with Gasteiger partial charge in [-0.1, -0.05) is 42.5 Å². The largest absolute Gasteiger partial charge is 0.484 e. The van der Waals surface area contributed by atoms with Crippen molar-refractivity contribution in [3.63, 3.8) is 0 Å². The van der Waals surface area contributed by atoms with Crippen molar-refractivity contribution in [2.45, 2.75) is 18.4 Å². The Labute approximate surface area is 193 Å². The Morgan fingerprint density at radius 3 is 2.44 bits per heavy atom. The number of Topliss-reactive ketones (excluding diaryl/α,β-unsaturated/α-hetero) is 2. The molecule has 1 saturated heterocycles. The average molecular weight is 462 g/mol. The number of thioether (sulfide) groups is 1. The van der Waals surface area contributed by atoms with Crippen LogP contribution < -0.4 is 0 Å². The van der Waals surface area contributed by atoms with Gasteiger partial charge in [0.1, 0.15) is 16.3 Å².